The van der Waals surface area contributed by atoms with E-state index in [0.717, 1.165) is 36.8 Å². The summed E-state index contributed by atoms with van der Waals surface area (Å²) in [5.41, 5.74) is 0.704. The number of rotatable bonds is 3. The van der Waals surface area contributed by atoms with Crippen LogP contribution in [0, 0.1) is 0 Å². The van der Waals surface area contributed by atoms with Crippen LogP contribution in [0.25, 0.3) is 10.9 Å². The van der Waals surface area contributed by atoms with Crippen LogP contribution in [0.5, 0.6) is 0 Å². The Morgan fingerprint density at radius 1 is 1.16 bits per heavy atom. The minimum absolute atomic E-state index is 0.0298. The lowest BCUT2D eigenvalue weighted by molar-refractivity contribution is -0.0431. The molecule has 1 aromatic carbocycles. The molecule has 3 heterocycles. The van der Waals surface area contributed by atoms with Crippen LogP contribution < -0.4 is 0 Å². The number of likely N-dealkylation sites (tertiary alicyclic amines) is 2. The van der Waals surface area contributed by atoms with Crippen molar-refractivity contribution in [3.63, 3.8) is 0 Å². The van der Waals surface area contributed by atoms with Crippen molar-refractivity contribution in [1.82, 2.24) is 14.8 Å². The van der Waals surface area contributed by atoms with Gasteiger partial charge in [-0.25, -0.2) is 0 Å². The summed E-state index contributed by atoms with van der Waals surface area (Å²) >= 11 is 0. The first kappa shape index (κ1) is 16.5. The van der Waals surface area contributed by atoms with Crippen LogP contribution in [0.3, 0.4) is 0 Å². The van der Waals surface area contributed by atoms with Gasteiger partial charge in [-0.1, -0.05) is 18.2 Å². The standard InChI is InChI=1S/C20H25N3O2/c24-19(17-12-16-6-1-2-7-18(16)21-13-17)23-11-5-8-20(25,15-23)14-22-9-3-4-10-22/h1-2,6-7,12-13,25H,3-5,8-11,14-15H2/t20-/m0/s1. The molecule has 0 spiro atoms. The van der Waals surface area contributed by atoms with Gasteiger partial charge in [0.15, 0.2) is 0 Å². The minimum atomic E-state index is -0.789. The number of nitrogens with zero attached hydrogens (tertiary/aromatic N) is 3. The first-order chi connectivity index (χ1) is 12.1. The lowest BCUT2D eigenvalue weighted by Gasteiger charge is -2.41. The van der Waals surface area contributed by atoms with Crippen LogP contribution in [-0.2, 0) is 0 Å². The van der Waals surface area contributed by atoms with Crippen molar-refractivity contribution in [3.8, 4) is 0 Å². The largest absolute Gasteiger partial charge is 0.387 e. The molecule has 0 saturated carbocycles. The normalized spacial score (nSPS) is 24.8. The van der Waals surface area contributed by atoms with Gasteiger partial charge in [0.05, 0.1) is 23.2 Å². The summed E-state index contributed by atoms with van der Waals surface area (Å²) < 4.78 is 0. The molecular weight excluding hydrogens is 314 g/mol. The van der Waals surface area contributed by atoms with E-state index in [1.807, 2.05) is 30.3 Å². The van der Waals surface area contributed by atoms with Gasteiger partial charge in [0.2, 0.25) is 0 Å². The highest BCUT2D eigenvalue weighted by atomic mass is 16.3. The molecule has 2 fully saturated rings. The second kappa shape index (κ2) is 6.73. The number of aromatic nitrogens is 1. The molecule has 5 heteroatoms. The van der Waals surface area contributed by atoms with E-state index in [2.05, 4.69) is 9.88 Å². The van der Waals surface area contributed by atoms with Gasteiger partial charge in [-0.05, 0) is 50.9 Å². The van der Waals surface area contributed by atoms with E-state index < -0.39 is 5.60 Å². The van der Waals surface area contributed by atoms with Crippen LogP contribution in [-0.4, -0.2) is 64.1 Å². The Kier molecular flexibility index (Phi) is 4.44. The Hall–Kier alpha value is -1.98. The number of benzene rings is 1. The van der Waals surface area contributed by atoms with Gasteiger partial charge in [0.25, 0.3) is 5.91 Å². The van der Waals surface area contributed by atoms with Crippen molar-refractivity contribution in [2.24, 2.45) is 0 Å². The lowest BCUT2D eigenvalue weighted by atomic mass is 9.91. The van der Waals surface area contributed by atoms with Gasteiger partial charge in [-0.2, -0.15) is 0 Å². The third kappa shape index (κ3) is 3.53. The molecule has 1 amide bonds. The average Bonchev–Trinajstić information content (AvgIpc) is 3.13. The molecule has 2 aliphatic heterocycles. The highest BCUT2D eigenvalue weighted by Gasteiger charge is 2.37. The van der Waals surface area contributed by atoms with Gasteiger partial charge in [0, 0.05) is 24.7 Å². The molecule has 2 aromatic rings. The van der Waals surface area contributed by atoms with Gasteiger partial charge in [-0.15, -0.1) is 0 Å². The molecule has 1 atom stereocenters. The number of hydrogen-bond acceptors (Lipinski definition) is 4. The number of β-amino-alcohol motifs (C(OH)–C–C–N with tert-alkyl or cyclic N) is 1. The van der Waals surface area contributed by atoms with Crippen molar-refractivity contribution in [1.29, 1.82) is 0 Å². The summed E-state index contributed by atoms with van der Waals surface area (Å²) in [5, 5.41) is 12.0. The first-order valence-corrected chi connectivity index (χ1v) is 9.22. The fraction of sp³-hybridized carbons (Fsp3) is 0.500. The number of aliphatic hydroxyl groups is 1. The third-order valence-electron chi connectivity index (χ3n) is 5.40. The van der Waals surface area contributed by atoms with Crippen LogP contribution in [0.1, 0.15) is 36.0 Å². The van der Waals surface area contributed by atoms with Crippen molar-refractivity contribution >= 4 is 16.8 Å². The zero-order valence-corrected chi connectivity index (χ0v) is 14.5. The maximum atomic E-state index is 12.9. The lowest BCUT2D eigenvalue weighted by Crippen LogP contribution is -2.55. The molecule has 2 aliphatic rings. The number of pyridine rings is 1. The molecule has 5 nitrogen and oxygen atoms in total. The Morgan fingerprint density at radius 3 is 2.80 bits per heavy atom. The summed E-state index contributed by atoms with van der Waals surface area (Å²) in [4.78, 5) is 21.4. The Morgan fingerprint density at radius 2 is 1.96 bits per heavy atom. The van der Waals surface area contributed by atoms with E-state index in [1.165, 1.54) is 12.8 Å². The molecule has 1 N–H and O–H groups in total. The van der Waals surface area contributed by atoms with Crippen LogP contribution in [0.4, 0.5) is 0 Å². The summed E-state index contributed by atoms with van der Waals surface area (Å²) in [6.45, 7) is 3.91. The number of piperidine rings is 1. The smallest absolute Gasteiger partial charge is 0.255 e. The predicted octanol–water partition coefficient (Wildman–Crippen LogP) is 2.30. The van der Waals surface area contributed by atoms with Gasteiger partial charge >= 0.3 is 0 Å². The van der Waals surface area contributed by atoms with Crippen LogP contribution in [0.15, 0.2) is 36.5 Å². The highest BCUT2D eigenvalue weighted by molar-refractivity contribution is 5.97. The molecule has 0 aliphatic carbocycles. The quantitative estimate of drug-likeness (QED) is 0.932. The maximum Gasteiger partial charge on any atom is 0.255 e. The fourth-order valence-corrected chi connectivity index (χ4v) is 4.14. The van der Waals surface area contributed by atoms with Gasteiger partial charge in [0.1, 0.15) is 0 Å². The van der Waals surface area contributed by atoms with E-state index in [9.17, 15) is 9.90 Å². The van der Waals surface area contributed by atoms with Gasteiger partial charge < -0.3 is 14.9 Å². The number of carbonyl (C=O) groups is 1. The fourth-order valence-electron chi connectivity index (χ4n) is 4.14. The third-order valence-corrected chi connectivity index (χ3v) is 5.40. The molecule has 132 valence electrons. The molecule has 0 radical (unpaired) electrons. The number of fused-ring (bicyclic) bond motifs is 1. The highest BCUT2D eigenvalue weighted by Crippen LogP contribution is 2.25. The summed E-state index contributed by atoms with van der Waals surface area (Å²) in [5.74, 6) is -0.0298. The van der Waals surface area contributed by atoms with Crippen LogP contribution >= 0.6 is 0 Å². The van der Waals surface area contributed by atoms with E-state index >= 15 is 0 Å². The van der Waals surface area contributed by atoms with E-state index in [-0.39, 0.29) is 5.91 Å². The van der Waals surface area contributed by atoms with Crippen molar-refractivity contribution in [2.45, 2.75) is 31.3 Å². The number of hydrogen-bond donors (Lipinski definition) is 1. The molecule has 2 saturated heterocycles. The molecule has 0 unspecified atom stereocenters. The minimum Gasteiger partial charge on any atom is -0.387 e. The monoisotopic (exact) mass is 339 g/mol. The van der Waals surface area contributed by atoms with Crippen molar-refractivity contribution < 1.29 is 9.90 Å². The Labute approximate surface area is 148 Å². The Bertz CT molecular complexity index is 772. The summed E-state index contributed by atoms with van der Waals surface area (Å²) in [6.07, 6.45) is 5.68. The summed E-state index contributed by atoms with van der Waals surface area (Å²) in [7, 11) is 0. The number of para-hydroxylation sites is 1. The first-order valence-electron chi connectivity index (χ1n) is 9.22. The molecule has 25 heavy (non-hydrogen) atoms. The van der Waals surface area contributed by atoms with Crippen LogP contribution in [0.2, 0.25) is 0 Å². The van der Waals surface area contributed by atoms with Crippen molar-refractivity contribution in [3.05, 3.63) is 42.1 Å². The second-order valence-electron chi connectivity index (χ2n) is 7.45. The number of amides is 1. The molecule has 0 bridgehead atoms. The zero-order valence-electron chi connectivity index (χ0n) is 14.5. The number of carbonyl (C=O) groups excluding carboxylic acids is 1. The van der Waals surface area contributed by atoms with Crippen molar-refractivity contribution in [2.75, 3.05) is 32.7 Å². The average molecular weight is 339 g/mol. The Balaban J connectivity index is 1.50. The topological polar surface area (TPSA) is 56.7 Å². The molecule has 1 aromatic heterocycles. The second-order valence-corrected chi connectivity index (χ2v) is 7.45. The van der Waals surface area contributed by atoms with E-state index in [0.29, 0.717) is 25.2 Å². The molecule has 4 rings (SSSR count). The SMILES string of the molecule is O=C(c1cnc2ccccc2c1)N1CCC[C@](O)(CN2CCCC2)C1. The predicted molar refractivity (Wildman–Crippen MR) is 97.5 cm³/mol. The van der Waals surface area contributed by atoms with Gasteiger partial charge in [-0.3, -0.25) is 9.78 Å². The summed E-state index contributed by atoms with van der Waals surface area (Å²) in [6, 6.07) is 9.71. The van der Waals surface area contributed by atoms with E-state index in [1.54, 1.807) is 11.1 Å². The zero-order chi connectivity index (χ0) is 17.3. The van der Waals surface area contributed by atoms with E-state index in [4.69, 9.17) is 0 Å². The molecular formula is C20H25N3O2. The maximum absolute atomic E-state index is 12.9.